The number of ether oxygens (including phenoxy) is 1. The second-order valence-electron chi connectivity index (χ2n) is 4.77. The Kier molecular flexibility index (Phi) is 4.25. The van der Waals surface area contributed by atoms with Crippen molar-refractivity contribution in [3.8, 4) is 0 Å². The lowest BCUT2D eigenvalue weighted by Gasteiger charge is -2.05. The van der Waals surface area contributed by atoms with E-state index in [1.165, 1.54) is 6.07 Å². The van der Waals surface area contributed by atoms with E-state index in [1.807, 2.05) is 0 Å². The van der Waals surface area contributed by atoms with Crippen molar-refractivity contribution in [3.63, 3.8) is 0 Å². The molecule has 0 aliphatic carbocycles. The number of aromatic amines is 1. The van der Waals surface area contributed by atoms with Gasteiger partial charge >= 0.3 is 5.97 Å². The number of para-hydroxylation sites is 1. The van der Waals surface area contributed by atoms with E-state index in [-0.39, 0.29) is 11.3 Å². The third kappa shape index (κ3) is 3.10. The molecule has 0 bridgehead atoms. The molecular formula is C15H12N4O4S. The van der Waals surface area contributed by atoms with Gasteiger partial charge in [0.15, 0.2) is 12.3 Å². The molecule has 0 radical (unpaired) electrons. The number of rotatable bonds is 5. The summed E-state index contributed by atoms with van der Waals surface area (Å²) in [5.74, 6) is -1.94. The molecule has 0 atom stereocenters. The number of aromatic nitrogens is 2. The molecule has 9 heteroatoms. The normalized spacial score (nSPS) is 10.5. The topological polar surface area (TPSA) is 127 Å². The maximum Gasteiger partial charge on any atom is 0.359 e. The van der Waals surface area contributed by atoms with E-state index in [9.17, 15) is 14.4 Å². The van der Waals surface area contributed by atoms with Gasteiger partial charge in [0.25, 0.3) is 11.8 Å². The number of carbonyl (C=O) groups excluding carboxylic acids is 3. The maximum atomic E-state index is 12.0. The summed E-state index contributed by atoms with van der Waals surface area (Å²) in [7, 11) is 0. The van der Waals surface area contributed by atoms with Crippen LogP contribution in [0.3, 0.4) is 0 Å². The molecule has 1 aromatic carbocycles. The standard InChI is InChI=1S/C15H12N4O4S/c16-13(21)9-5-6-24-14(9)17-11(20)7-23-15(22)12-8-3-1-2-4-10(8)18-19-12/h1-6H,7H2,(H2,16,21)(H,17,20)(H,18,19). The van der Waals surface area contributed by atoms with Crippen molar-refractivity contribution in [2.45, 2.75) is 0 Å². The number of H-pyrrole nitrogens is 1. The van der Waals surface area contributed by atoms with Gasteiger partial charge in [-0.25, -0.2) is 4.79 Å². The van der Waals surface area contributed by atoms with Crippen LogP contribution in [-0.2, 0) is 9.53 Å². The number of benzene rings is 1. The molecule has 0 fully saturated rings. The minimum absolute atomic E-state index is 0.104. The highest BCUT2D eigenvalue weighted by Crippen LogP contribution is 2.22. The number of amides is 2. The molecule has 2 aromatic heterocycles. The number of thiophene rings is 1. The van der Waals surface area contributed by atoms with Crippen molar-refractivity contribution in [3.05, 3.63) is 47.0 Å². The summed E-state index contributed by atoms with van der Waals surface area (Å²) < 4.78 is 4.96. The number of primary amides is 1. The molecular weight excluding hydrogens is 332 g/mol. The smallest absolute Gasteiger partial charge is 0.359 e. The van der Waals surface area contributed by atoms with Crippen LogP contribution in [0.1, 0.15) is 20.8 Å². The summed E-state index contributed by atoms with van der Waals surface area (Å²) in [6, 6.07) is 8.57. The number of nitrogens with zero attached hydrogens (tertiary/aromatic N) is 1. The van der Waals surface area contributed by atoms with Gasteiger partial charge < -0.3 is 15.8 Å². The van der Waals surface area contributed by atoms with Crippen molar-refractivity contribution in [1.29, 1.82) is 0 Å². The zero-order valence-corrected chi connectivity index (χ0v) is 13.1. The third-order valence-corrected chi connectivity index (χ3v) is 4.01. The van der Waals surface area contributed by atoms with Gasteiger partial charge in [0, 0.05) is 5.39 Å². The van der Waals surface area contributed by atoms with Crippen molar-refractivity contribution in [2.24, 2.45) is 5.73 Å². The summed E-state index contributed by atoms with van der Waals surface area (Å²) >= 11 is 1.15. The van der Waals surface area contributed by atoms with Crippen LogP contribution in [0.25, 0.3) is 10.9 Å². The summed E-state index contributed by atoms with van der Waals surface area (Å²) in [5, 5.41) is 11.6. The summed E-state index contributed by atoms with van der Waals surface area (Å²) in [5.41, 5.74) is 6.20. The molecule has 3 aromatic rings. The van der Waals surface area contributed by atoms with E-state index in [2.05, 4.69) is 15.5 Å². The van der Waals surface area contributed by atoms with E-state index in [0.29, 0.717) is 15.9 Å². The average Bonchev–Trinajstić information content (AvgIpc) is 3.19. The average molecular weight is 344 g/mol. The van der Waals surface area contributed by atoms with Crippen LogP contribution in [0.15, 0.2) is 35.7 Å². The largest absolute Gasteiger partial charge is 0.451 e. The lowest BCUT2D eigenvalue weighted by Crippen LogP contribution is -2.22. The summed E-state index contributed by atoms with van der Waals surface area (Å²) in [6.07, 6.45) is 0. The number of hydrogen-bond donors (Lipinski definition) is 3. The Morgan fingerprint density at radius 2 is 2.04 bits per heavy atom. The molecule has 24 heavy (non-hydrogen) atoms. The van der Waals surface area contributed by atoms with Crippen molar-refractivity contribution >= 4 is 45.0 Å². The Morgan fingerprint density at radius 1 is 1.25 bits per heavy atom. The van der Waals surface area contributed by atoms with Gasteiger partial charge in [-0.05, 0) is 17.5 Å². The second-order valence-corrected chi connectivity index (χ2v) is 5.69. The van der Waals surface area contributed by atoms with Crippen LogP contribution in [0.5, 0.6) is 0 Å². The molecule has 0 aliphatic heterocycles. The van der Waals surface area contributed by atoms with Gasteiger partial charge in [-0.1, -0.05) is 18.2 Å². The first kappa shape index (κ1) is 15.7. The fraction of sp³-hybridized carbons (Fsp3) is 0.0667. The zero-order valence-electron chi connectivity index (χ0n) is 12.2. The highest BCUT2D eigenvalue weighted by molar-refractivity contribution is 7.14. The summed E-state index contributed by atoms with van der Waals surface area (Å²) in [4.78, 5) is 35.1. The number of esters is 1. The molecule has 4 N–H and O–H groups in total. The molecule has 0 saturated carbocycles. The van der Waals surface area contributed by atoms with Crippen LogP contribution in [0, 0.1) is 0 Å². The zero-order chi connectivity index (χ0) is 17.1. The Balaban J connectivity index is 1.63. The lowest BCUT2D eigenvalue weighted by atomic mass is 10.2. The molecule has 8 nitrogen and oxygen atoms in total. The lowest BCUT2D eigenvalue weighted by molar-refractivity contribution is -0.119. The predicted octanol–water partition coefficient (Wildman–Crippen LogP) is 1.52. The molecule has 0 spiro atoms. The van der Waals surface area contributed by atoms with Gasteiger partial charge in [-0.3, -0.25) is 14.7 Å². The number of hydrogen-bond acceptors (Lipinski definition) is 6. The quantitative estimate of drug-likeness (QED) is 0.605. The van der Waals surface area contributed by atoms with E-state index in [0.717, 1.165) is 11.3 Å². The predicted molar refractivity (Wildman–Crippen MR) is 87.8 cm³/mol. The Labute approximate surface area is 139 Å². The van der Waals surface area contributed by atoms with Crippen LogP contribution in [0.4, 0.5) is 5.00 Å². The van der Waals surface area contributed by atoms with E-state index >= 15 is 0 Å². The van der Waals surface area contributed by atoms with Crippen molar-refractivity contribution < 1.29 is 19.1 Å². The monoisotopic (exact) mass is 344 g/mol. The van der Waals surface area contributed by atoms with Gasteiger partial charge in [0.1, 0.15) is 5.00 Å². The molecule has 3 rings (SSSR count). The Morgan fingerprint density at radius 3 is 2.83 bits per heavy atom. The molecule has 0 saturated heterocycles. The van der Waals surface area contributed by atoms with Crippen LogP contribution >= 0.6 is 11.3 Å². The SMILES string of the molecule is NC(=O)c1ccsc1NC(=O)COC(=O)c1n[nH]c2ccccc12. The van der Waals surface area contributed by atoms with Crippen molar-refractivity contribution in [1.82, 2.24) is 10.2 Å². The van der Waals surface area contributed by atoms with Gasteiger partial charge in [0.2, 0.25) is 0 Å². The van der Waals surface area contributed by atoms with Gasteiger partial charge in [-0.2, -0.15) is 5.10 Å². The van der Waals surface area contributed by atoms with Crippen molar-refractivity contribution in [2.75, 3.05) is 11.9 Å². The van der Waals surface area contributed by atoms with Crippen LogP contribution in [-0.4, -0.2) is 34.6 Å². The molecule has 2 heterocycles. The Hall–Kier alpha value is -3.20. The maximum absolute atomic E-state index is 12.0. The fourth-order valence-corrected chi connectivity index (χ4v) is 2.89. The number of carbonyl (C=O) groups is 3. The highest BCUT2D eigenvalue weighted by Gasteiger charge is 2.18. The molecule has 2 amide bonds. The minimum Gasteiger partial charge on any atom is -0.451 e. The number of fused-ring (bicyclic) bond motifs is 1. The van der Waals surface area contributed by atoms with Gasteiger partial charge in [0.05, 0.1) is 11.1 Å². The van der Waals surface area contributed by atoms with Gasteiger partial charge in [-0.15, -0.1) is 11.3 Å². The first-order valence-corrected chi connectivity index (χ1v) is 7.71. The number of nitrogens with two attached hydrogens (primary N) is 1. The number of nitrogens with one attached hydrogen (secondary N) is 2. The first-order valence-electron chi connectivity index (χ1n) is 6.83. The molecule has 0 unspecified atom stereocenters. The number of anilines is 1. The highest BCUT2D eigenvalue weighted by atomic mass is 32.1. The van der Waals surface area contributed by atoms with Crippen LogP contribution < -0.4 is 11.1 Å². The van der Waals surface area contributed by atoms with Crippen LogP contribution in [0.2, 0.25) is 0 Å². The molecule has 122 valence electrons. The van der Waals surface area contributed by atoms with E-state index < -0.39 is 24.4 Å². The third-order valence-electron chi connectivity index (χ3n) is 3.18. The second kappa shape index (κ2) is 6.50. The Bertz CT molecular complexity index is 930. The van der Waals surface area contributed by atoms with E-state index in [4.69, 9.17) is 10.5 Å². The minimum atomic E-state index is -0.719. The van der Waals surface area contributed by atoms with E-state index in [1.54, 1.807) is 29.6 Å². The first-order chi connectivity index (χ1) is 11.6. The fourth-order valence-electron chi connectivity index (χ4n) is 2.08. The molecule has 0 aliphatic rings. The summed E-state index contributed by atoms with van der Waals surface area (Å²) in [6.45, 7) is -0.504.